The van der Waals surface area contributed by atoms with Crippen molar-refractivity contribution in [3.05, 3.63) is 33.9 Å². The maximum atomic E-state index is 13.6. The summed E-state index contributed by atoms with van der Waals surface area (Å²) >= 11 is 0. The second kappa shape index (κ2) is 6.27. The van der Waals surface area contributed by atoms with Crippen molar-refractivity contribution in [2.24, 2.45) is 0 Å². The first kappa shape index (κ1) is 15.8. The van der Waals surface area contributed by atoms with Gasteiger partial charge in [0.25, 0.3) is 0 Å². The number of carboxylic acids is 1. The first-order valence-corrected chi connectivity index (χ1v) is 5.89. The van der Waals surface area contributed by atoms with E-state index in [1.165, 1.54) is 11.8 Å². The largest absolute Gasteiger partial charge is 0.481 e. The van der Waals surface area contributed by atoms with Crippen molar-refractivity contribution in [3.63, 3.8) is 0 Å². The van der Waals surface area contributed by atoms with Crippen LogP contribution in [0.3, 0.4) is 0 Å². The normalized spacial score (nSPS) is 12.0. The van der Waals surface area contributed by atoms with Crippen LogP contribution in [-0.2, 0) is 4.79 Å². The number of rotatable bonds is 6. The van der Waals surface area contributed by atoms with Crippen LogP contribution in [0, 0.1) is 21.7 Å². The van der Waals surface area contributed by atoms with Gasteiger partial charge in [0.05, 0.1) is 11.3 Å². The van der Waals surface area contributed by atoms with E-state index < -0.39 is 34.3 Å². The fraction of sp³-hybridized carbons (Fsp3) is 0.417. The lowest BCUT2D eigenvalue weighted by Crippen LogP contribution is -2.35. The van der Waals surface area contributed by atoms with Crippen molar-refractivity contribution < 1.29 is 23.6 Å². The molecule has 0 bridgehead atoms. The number of nitrogens with zero attached hydrogens (tertiary/aromatic N) is 2. The van der Waals surface area contributed by atoms with Crippen LogP contribution in [0.5, 0.6) is 0 Å². The molecule has 0 aromatic heterocycles. The van der Waals surface area contributed by atoms with Crippen LogP contribution in [0.15, 0.2) is 12.1 Å². The summed E-state index contributed by atoms with van der Waals surface area (Å²) < 4.78 is 26.8. The Labute approximate surface area is 113 Å². The molecule has 20 heavy (non-hydrogen) atoms. The van der Waals surface area contributed by atoms with Gasteiger partial charge in [0, 0.05) is 24.7 Å². The summed E-state index contributed by atoms with van der Waals surface area (Å²) in [5, 5.41) is 19.7. The van der Waals surface area contributed by atoms with Gasteiger partial charge in [-0.25, -0.2) is 4.39 Å². The fourth-order valence-electron chi connectivity index (χ4n) is 2.03. The third-order valence-corrected chi connectivity index (χ3v) is 2.84. The van der Waals surface area contributed by atoms with Crippen molar-refractivity contribution in [3.8, 4) is 0 Å². The smallest absolute Gasteiger partial charge is 0.328 e. The van der Waals surface area contributed by atoms with E-state index in [0.717, 1.165) is 6.07 Å². The van der Waals surface area contributed by atoms with E-state index in [0.29, 0.717) is 6.07 Å². The summed E-state index contributed by atoms with van der Waals surface area (Å²) in [7, 11) is 0. The third kappa shape index (κ3) is 3.40. The van der Waals surface area contributed by atoms with Gasteiger partial charge < -0.3 is 10.0 Å². The molecule has 1 rings (SSSR count). The highest BCUT2D eigenvalue weighted by Crippen LogP contribution is 2.33. The van der Waals surface area contributed by atoms with Crippen molar-refractivity contribution in [2.75, 3.05) is 11.4 Å². The zero-order valence-corrected chi connectivity index (χ0v) is 11.0. The first-order valence-electron chi connectivity index (χ1n) is 5.89. The van der Waals surface area contributed by atoms with Crippen LogP contribution < -0.4 is 4.90 Å². The van der Waals surface area contributed by atoms with Gasteiger partial charge in [-0.2, -0.15) is 4.39 Å². The van der Waals surface area contributed by atoms with Gasteiger partial charge >= 0.3 is 11.7 Å². The maximum Gasteiger partial charge on any atom is 0.328 e. The highest BCUT2D eigenvalue weighted by atomic mass is 19.1. The Kier molecular flexibility index (Phi) is 4.95. The molecule has 0 spiro atoms. The van der Waals surface area contributed by atoms with Crippen LogP contribution in [-0.4, -0.2) is 28.6 Å². The van der Waals surface area contributed by atoms with Gasteiger partial charge in [0.1, 0.15) is 11.5 Å². The molecule has 0 amide bonds. The van der Waals surface area contributed by atoms with Gasteiger partial charge in [-0.15, -0.1) is 0 Å². The van der Waals surface area contributed by atoms with E-state index in [1.807, 2.05) is 0 Å². The number of benzene rings is 1. The molecule has 1 aromatic rings. The Balaban J connectivity index is 3.33. The summed E-state index contributed by atoms with van der Waals surface area (Å²) in [6.45, 7) is 3.31. The number of carboxylic acid groups (broad SMARTS) is 1. The predicted octanol–water partition coefficient (Wildman–Crippen LogP) is 2.56. The Morgan fingerprint density at radius 2 is 2.10 bits per heavy atom. The van der Waals surface area contributed by atoms with Crippen molar-refractivity contribution in [2.45, 2.75) is 26.3 Å². The van der Waals surface area contributed by atoms with Crippen LogP contribution in [0.2, 0.25) is 0 Å². The van der Waals surface area contributed by atoms with Crippen molar-refractivity contribution in [1.82, 2.24) is 0 Å². The minimum atomic E-state index is -1.29. The summed E-state index contributed by atoms with van der Waals surface area (Å²) in [5.74, 6) is -3.34. The third-order valence-electron chi connectivity index (χ3n) is 2.84. The Morgan fingerprint density at radius 3 is 2.55 bits per heavy atom. The predicted molar refractivity (Wildman–Crippen MR) is 67.7 cm³/mol. The van der Waals surface area contributed by atoms with E-state index in [9.17, 15) is 23.7 Å². The minimum absolute atomic E-state index is 0.179. The number of hydrogen-bond acceptors (Lipinski definition) is 4. The Hall–Kier alpha value is -2.25. The second-order valence-electron chi connectivity index (χ2n) is 4.25. The topological polar surface area (TPSA) is 83.7 Å². The maximum absolute atomic E-state index is 13.6. The molecule has 0 aliphatic rings. The van der Waals surface area contributed by atoms with Crippen molar-refractivity contribution in [1.29, 1.82) is 0 Å². The molecular formula is C12H14F2N2O4. The van der Waals surface area contributed by atoms with Crippen LogP contribution in [0.1, 0.15) is 20.3 Å². The van der Waals surface area contributed by atoms with Gasteiger partial charge in [-0.05, 0) is 13.8 Å². The van der Waals surface area contributed by atoms with Crippen LogP contribution in [0.25, 0.3) is 0 Å². The zero-order valence-electron chi connectivity index (χ0n) is 11.0. The lowest BCUT2D eigenvalue weighted by atomic mass is 10.1. The van der Waals surface area contributed by atoms with Crippen LogP contribution >= 0.6 is 0 Å². The summed E-state index contributed by atoms with van der Waals surface area (Å²) in [5.41, 5.74) is -1.12. The van der Waals surface area contributed by atoms with Gasteiger partial charge in [-0.1, -0.05) is 0 Å². The number of anilines is 1. The molecule has 0 fully saturated rings. The Bertz CT molecular complexity index is 536. The number of carbonyl (C=O) groups is 1. The molecular weight excluding hydrogens is 274 g/mol. The molecule has 110 valence electrons. The average Bonchev–Trinajstić information content (AvgIpc) is 2.26. The number of aliphatic carboxylic acids is 1. The van der Waals surface area contributed by atoms with E-state index in [-0.39, 0.29) is 18.7 Å². The standard InChI is InChI=1S/C12H14F2N2O4/c1-3-15(7(2)4-11(17)18)10-6-8(13)5-9(14)12(10)16(19)20/h5-7H,3-4H2,1-2H3,(H,17,18). The average molecular weight is 288 g/mol. The Morgan fingerprint density at radius 1 is 1.50 bits per heavy atom. The number of halogens is 2. The molecule has 1 unspecified atom stereocenters. The number of nitro benzene ring substituents is 1. The number of hydrogen-bond donors (Lipinski definition) is 1. The lowest BCUT2D eigenvalue weighted by molar-refractivity contribution is -0.386. The SMILES string of the molecule is CCN(c1cc(F)cc(F)c1[N+](=O)[O-])C(C)CC(=O)O. The highest BCUT2D eigenvalue weighted by Gasteiger charge is 2.28. The highest BCUT2D eigenvalue weighted by molar-refractivity contribution is 5.70. The van der Waals surface area contributed by atoms with Crippen molar-refractivity contribution >= 4 is 17.3 Å². The summed E-state index contributed by atoms with van der Waals surface area (Å²) in [6.07, 6.45) is -0.302. The van der Waals surface area contributed by atoms with Gasteiger partial charge in [-0.3, -0.25) is 14.9 Å². The molecule has 0 saturated heterocycles. The monoisotopic (exact) mass is 288 g/mol. The van der Waals surface area contributed by atoms with E-state index in [2.05, 4.69) is 0 Å². The first-order chi connectivity index (χ1) is 9.27. The summed E-state index contributed by atoms with van der Waals surface area (Å²) in [6, 6.07) is 0.623. The van der Waals surface area contributed by atoms with Crippen LogP contribution in [0.4, 0.5) is 20.2 Å². The van der Waals surface area contributed by atoms with E-state index >= 15 is 0 Å². The number of nitro groups is 1. The molecule has 1 atom stereocenters. The zero-order chi connectivity index (χ0) is 15.4. The molecule has 1 aromatic carbocycles. The molecule has 0 aliphatic carbocycles. The quantitative estimate of drug-likeness (QED) is 0.642. The minimum Gasteiger partial charge on any atom is -0.481 e. The summed E-state index contributed by atoms with van der Waals surface area (Å²) in [4.78, 5) is 22.0. The molecule has 0 aliphatic heterocycles. The lowest BCUT2D eigenvalue weighted by Gasteiger charge is -2.28. The van der Waals surface area contributed by atoms with E-state index in [1.54, 1.807) is 6.92 Å². The molecule has 8 heteroatoms. The second-order valence-corrected chi connectivity index (χ2v) is 4.25. The molecule has 0 heterocycles. The molecule has 1 N–H and O–H groups in total. The molecule has 0 radical (unpaired) electrons. The molecule has 0 saturated carbocycles. The van der Waals surface area contributed by atoms with Gasteiger partial charge in [0.15, 0.2) is 0 Å². The fourth-order valence-corrected chi connectivity index (χ4v) is 2.03. The molecule has 6 nitrogen and oxygen atoms in total. The van der Waals surface area contributed by atoms with E-state index in [4.69, 9.17) is 5.11 Å². The van der Waals surface area contributed by atoms with Gasteiger partial charge in [0.2, 0.25) is 5.82 Å².